The molecule has 0 aliphatic carbocycles. The quantitative estimate of drug-likeness (QED) is 0.448. The van der Waals surface area contributed by atoms with Gasteiger partial charge in [0.25, 0.3) is 5.91 Å². The van der Waals surface area contributed by atoms with E-state index in [-0.39, 0.29) is 12.0 Å². The van der Waals surface area contributed by atoms with Gasteiger partial charge in [-0.15, -0.1) is 0 Å². The second-order valence-corrected chi connectivity index (χ2v) is 7.87. The number of nitrogens with zero attached hydrogens (tertiary/aromatic N) is 2. The third kappa shape index (κ3) is 7.16. The molecule has 0 saturated carbocycles. The zero-order valence-corrected chi connectivity index (χ0v) is 18.4. The van der Waals surface area contributed by atoms with Gasteiger partial charge < -0.3 is 25.0 Å². The molecular formula is C22H32ClN3O3. The van der Waals surface area contributed by atoms with Crippen molar-refractivity contribution in [2.75, 3.05) is 47.4 Å². The van der Waals surface area contributed by atoms with Gasteiger partial charge in [-0.2, -0.15) is 0 Å². The number of methoxy groups -OCH3 is 1. The van der Waals surface area contributed by atoms with Gasteiger partial charge in [-0.3, -0.25) is 4.79 Å². The van der Waals surface area contributed by atoms with Crippen LogP contribution in [0.1, 0.15) is 22.8 Å². The summed E-state index contributed by atoms with van der Waals surface area (Å²) < 4.78 is 5.21. The number of amides is 1. The van der Waals surface area contributed by atoms with Gasteiger partial charge in [-0.05, 0) is 49.2 Å². The fourth-order valence-corrected chi connectivity index (χ4v) is 3.22. The molecule has 7 heteroatoms. The summed E-state index contributed by atoms with van der Waals surface area (Å²) in [5, 5.41) is 14.3. The molecule has 2 unspecified atom stereocenters. The van der Waals surface area contributed by atoms with E-state index in [9.17, 15) is 9.90 Å². The van der Waals surface area contributed by atoms with E-state index < -0.39 is 6.10 Å². The summed E-state index contributed by atoms with van der Waals surface area (Å²) in [6, 6.07) is 7.67. The predicted octanol–water partition coefficient (Wildman–Crippen LogP) is 2.24. The van der Waals surface area contributed by atoms with Crippen LogP contribution in [0.3, 0.4) is 0 Å². The Morgan fingerprint density at radius 2 is 2.03 bits per heavy atom. The number of ether oxygens (including phenoxy) is 1. The van der Waals surface area contributed by atoms with E-state index in [1.807, 2.05) is 49.2 Å². The molecule has 0 radical (unpaired) electrons. The minimum Gasteiger partial charge on any atom is -0.387 e. The summed E-state index contributed by atoms with van der Waals surface area (Å²) in [7, 11) is 5.32. The highest BCUT2D eigenvalue weighted by Gasteiger charge is 2.17. The first-order chi connectivity index (χ1) is 13.8. The van der Waals surface area contributed by atoms with E-state index in [0.717, 1.165) is 24.1 Å². The van der Waals surface area contributed by atoms with Crippen LogP contribution in [0.2, 0.25) is 0 Å². The van der Waals surface area contributed by atoms with Crippen molar-refractivity contribution in [3.63, 3.8) is 0 Å². The van der Waals surface area contributed by atoms with Crippen molar-refractivity contribution in [1.82, 2.24) is 15.1 Å². The summed E-state index contributed by atoms with van der Waals surface area (Å²) >= 11 is 6.02. The highest BCUT2D eigenvalue weighted by molar-refractivity contribution is 6.29. The van der Waals surface area contributed by atoms with Crippen molar-refractivity contribution in [3.05, 3.63) is 58.3 Å². The average molecular weight is 422 g/mol. The molecule has 0 fully saturated rings. The van der Waals surface area contributed by atoms with Gasteiger partial charge in [0.1, 0.15) is 5.16 Å². The molecule has 1 aliphatic rings. The number of allylic oxidation sites excluding steroid dienone is 2. The molecule has 160 valence electrons. The number of rotatable bonds is 10. The average Bonchev–Trinajstić information content (AvgIpc) is 2.72. The van der Waals surface area contributed by atoms with Crippen LogP contribution < -0.4 is 5.32 Å². The SMILES string of the molecule is COC(C)CN(C)C(=O)c1ccc(CCNCC(O)C2=CC=C(Cl)N(C)C2)cc1. The number of halogens is 1. The maximum Gasteiger partial charge on any atom is 0.253 e. The van der Waals surface area contributed by atoms with Gasteiger partial charge in [-0.1, -0.05) is 29.8 Å². The van der Waals surface area contributed by atoms with Crippen molar-refractivity contribution in [3.8, 4) is 0 Å². The van der Waals surface area contributed by atoms with Gasteiger partial charge in [0.05, 0.1) is 12.2 Å². The third-order valence-corrected chi connectivity index (χ3v) is 5.47. The van der Waals surface area contributed by atoms with Crippen LogP contribution in [-0.4, -0.2) is 80.4 Å². The van der Waals surface area contributed by atoms with Crippen LogP contribution in [0.4, 0.5) is 0 Å². The Morgan fingerprint density at radius 3 is 2.66 bits per heavy atom. The Labute approximate surface area is 178 Å². The molecule has 0 spiro atoms. The molecule has 1 aliphatic heterocycles. The van der Waals surface area contributed by atoms with Gasteiger partial charge >= 0.3 is 0 Å². The van der Waals surface area contributed by atoms with E-state index in [1.165, 1.54) is 0 Å². The van der Waals surface area contributed by atoms with E-state index >= 15 is 0 Å². The number of aliphatic hydroxyl groups is 1. The molecular weight excluding hydrogens is 390 g/mol. The lowest BCUT2D eigenvalue weighted by Gasteiger charge is -2.26. The molecule has 29 heavy (non-hydrogen) atoms. The van der Waals surface area contributed by atoms with Gasteiger partial charge in [-0.25, -0.2) is 0 Å². The van der Waals surface area contributed by atoms with E-state index in [4.69, 9.17) is 16.3 Å². The van der Waals surface area contributed by atoms with Crippen LogP contribution in [-0.2, 0) is 11.2 Å². The Kier molecular flexibility index (Phi) is 9.17. The predicted molar refractivity (Wildman–Crippen MR) is 117 cm³/mol. The molecule has 0 bridgehead atoms. The van der Waals surface area contributed by atoms with Crippen LogP contribution in [0.15, 0.2) is 47.1 Å². The first kappa shape index (κ1) is 23.4. The Bertz CT molecular complexity index is 733. The number of aliphatic hydroxyl groups excluding tert-OH is 1. The summed E-state index contributed by atoms with van der Waals surface area (Å²) in [6.45, 7) is 4.36. The third-order valence-electron chi connectivity index (χ3n) is 5.06. The Balaban J connectivity index is 1.75. The van der Waals surface area contributed by atoms with Gasteiger partial charge in [0.2, 0.25) is 0 Å². The van der Waals surface area contributed by atoms with Crippen molar-refractivity contribution in [2.24, 2.45) is 0 Å². The number of benzene rings is 1. The number of hydrogen-bond donors (Lipinski definition) is 2. The van der Waals surface area contributed by atoms with Crippen molar-refractivity contribution < 1.29 is 14.6 Å². The smallest absolute Gasteiger partial charge is 0.253 e. The molecule has 1 heterocycles. The van der Waals surface area contributed by atoms with Crippen molar-refractivity contribution >= 4 is 17.5 Å². The second kappa shape index (κ2) is 11.4. The van der Waals surface area contributed by atoms with Gasteiger partial charge in [0.15, 0.2) is 0 Å². The summed E-state index contributed by atoms with van der Waals surface area (Å²) in [5.74, 6) is -0.0124. The first-order valence-corrected chi connectivity index (χ1v) is 10.2. The molecule has 1 aromatic rings. The topological polar surface area (TPSA) is 65.0 Å². The lowest BCUT2D eigenvalue weighted by Crippen LogP contribution is -2.34. The maximum absolute atomic E-state index is 12.4. The van der Waals surface area contributed by atoms with Crippen molar-refractivity contribution in [2.45, 2.75) is 25.6 Å². The number of hydrogen-bond acceptors (Lipinski definition) is 5. The largest absolute Gasteiger partial charge is 0.387 e. The summed E-state index contributed by atoms with van der Waals surface area (Å²) in [6.07, 6.45) is 3.97. The van der Waals surface area contributed by atoms with Gasteiger partial charge in [0, 0.05) is 46.4 Å². The maximum atomic E-state index is 12.4. The minimum absolute atomic E-state index is 0.00225. The van der Waals surface area contributed by atoms with E-state index in [1.54, 1.807) is 25.1 Å². The van der Waals surface area contributed by atoms with E-state index in [2.05, 4.69) is 5.32 Å². The number of carbonyl (C=O) groups excluding carboxylic acids is 1. The highest BCUT2D eigenvalue weighted by Crippen LogP contribution is 2.17. The highest BCUT2D eigenvalue weighted by atomic mass is 35.5. The van der Waals surface area contributed by atoms with E-state index in [0.29, 0.717) is 30.4 Å². The Morgan fingerprint density at radius 1 is 1.34 bits per heavy atom. The monoisotopic (exact) mass is 421 g/mol. The van der Waals surface area contributed by atoms with Crippen LogP contribution in [0, 0.1) is 0 Å². The molecule has 2 atom stereocenters. The first-order valence-electron chi connectivity index (χ1n) is 9.85. The molecule has 6 nitrogen and oxygen atoms in total. The number of likely N-dealkylation sites (N-methyl/N-ethyl adjacent to an activating group) is 2. The lowest BCUT2D eigenvalue weighted by molar-refractivity contribution is 0.0600. The summed E-state index contributed by atoms with van der Waals surface area (Å²) in [4.78, 5) is 16.0. The van der Waals surface area contributed by atoms with Crippen LogP contribution in [0.25, 0.3) is 0 Å². The lowest BCUT2D eigenvalue weighted by atomic mass is 10.1. The second-order valence-electron chi connectivity index (χ2n) is 7.49. The molecule has 2 rings (SSSR count). The van der Waals surface area contributed by atoms with Crippen LogP contribution >= 0.6 is 11.6 Å². The molecule has 0 aromatic heterocycles. The zero-order valence-electron chi connectivity index (χ0n) is 17.7. The van der Waals surface area contributed by atoms with Crippen molar-refractivity contribution in [1.29, 1.82) is 0 Å². The number of nitrogens with one attached hydrogen (secondary N) is 1. The zero-order chi connectivity index (χ0) is 21.4. The fraction of sp³-hybridized carbons (Fsp3) is 0.500. The molecule has 1 amide bonds. The normalized spacial score (nSPS) is 16.1. The standard InChI is InChI=1S/C22H32ClN3O3/c1-16(29-4)14-26(3)22(28)18-7-5-17(6-8-18)11-12-24-13-20(27)19-9-10-21(23)25(2)15-19/h5-10,16,20,24,27H,11-15H2,1-4H3. The summed E-state index contributed by atoms with van der Waals surface area (Å²) in [5.41, 5.74) is 2.75. The Hall–Kier alpha value is -1.86. The number of carbonyl (C=O) groups is 1. The molecule has 1 aromatic carbocycles. The fourth-order valence-electron chi connectivity index (χ4n) is 3.10. The molecule has 2 N–H and O–H groups in total. The van der Waals surface area contributed by atoms with Crippen LogP contribution in [0.5, 0.6) is 0 Å². The minimum atomic E-state index is -0.538. The molecule has 0 saturated heterocycles.